The number of methoxy groups -OCH3 is 1. The van der Waals surface area contributed by atoms with Gasteiger partial charge in [-0.25, -0.2) is 0 Å². The molecule has 0 saturated heterocycles. The predicted octanol–water partition coefficient (Wildman–Crippen LogP) is 2.69. The average Bonchev–Trinajstić information content (AvgIpc) is 2.48. The lowest BCUT2D eigenvalue weighted by atomic mass is 10.1. The summed E-state index contributed by atoms with van der Waals surface area (Å²) in [6.45, 7) is 0.224. The van der Waals surface area contributed by atoms with Crippen LogP contribution in [0.4, 0.5) is 5.69 Å². The van der Waals surface area contributed by atoms with E-state index in [0.29, 0.717) is 17.1 Å². The van der Waals surface area contributed by atoms with Gasteiger partial charge in [0.15, 0.2) is 6.73 Å². The summed E-state index contributed by atoms with van der Waals surface area (Å²) in [6, 6.07) is 14.7. The summed E-state index contributed by atoms with van der Waals surface area (Å²) in [4.78, 5) is 14.1. The largest absolute Gasteiger partial charge is 0.497 e. The Kier molecular flexibility index (Phi) is 2.83. The Balaban J connectivity index is 1.99. The van der Waals surface area contributed by atoms with E-state index in [2.05, 4.69) is 0 Å². The molecule has 0 unspecified atom stereocenters. The summed E-state index contributed by atoms with van der Waals surface area (Å²) in [6.07, 6.45) is 0. The number of hydrogen-bond donors (Lipinski definition) is 0. The molecule has 3 rings (SSSR count). The van der Waals surface area contributed by atoms with Crippen LogP contribution in [0.2, 0.25) is 0 Å². The topological polar surface area (TPSA) is 38.8 Å². The van der Waals surface area contributed by atoms with Crippen LogP contribution in [-0.4, -0.2) is 19.7 Å². The van der Waals surface area contributed by atoms with Crippen LogP contribution in [0.25, 0.3) is 0 Å². The van der Waals surface area contributed by atoms with E-state index < -0.39 is 0 Å². The number of ether oxygens (including phenoxy) is 2. The zero-order valence-electron chi connectivity index (χ0n) is 10.5. The first-order valence-electron chi connectivity index (χ1n) is 5.97. The number of benzene rings is 2. The maximum atomic E-state index is 12.5. The van der Waals surface area contributed by atoms with Gasteiger partial charge < -0.3 is 9.47 Å². The number of anilines is 1. The van der Waals surface area contributed by atoms with Crippen molar-refractivity contribution in [2.45, 2.75) is 0 Å². The third-order valence-corrected chi connectivity index (χ3v) is 3.08. The van der Waals surface area contributed by atoms with Gasteiger partial charge in [0.1, 0.15) is 11.5 Å². The number of amides is 1. The normalized spacial score (nSPS) is 13.7. The van der Waals surface area contributed by atoms with Crippen molar-refractivity contribution < 1.29 is 14.3 Å². The molecule has 0 N–H and O–H groups in total. The molecule has 2 aromatic rings. The summed E-state index contributed by atoms with van der Waals surface area (Å²) in [5, 5.41) is 0. The van der Waals surface area contributed by atoms with Gasteiger partial charge in [-0.1, -0.05) is 18.2 Å². The molecule has 4 heteroatoms. The van der Waals surface area contributed by atoms with Gasteiger partial charge in [0.05, 0.1) is 12.7 Å². The molecule has 1 heterocycles. The van der Waals surface area contributed by atoms with E-state index in [1.807, 2.05) is 30.3 Å². The fraction of sp³-hybridized carbons (Fsp3) is 0.133. The van der Waals surface area contributed by atoms with Gasteiger partial charge in [0.25, 0.3) is 5.91 Å². The Morgan fingerprint density at radius 3 is 2.68 bits per heavy atom. The zero-order valence-corrected chi connectivity index (χ0v) is 10.5. The van der Waals surface area contributed by atoms with Crippen molar-refractivity contribution >= 4 is 11.6 Å². The molecule has 4 nitrogen and oxygen atoms in total. The first-order valence-corrected chi connectivity index (χ1v) is 5.97. The molecule has 0 saturated carbocycles. The number of rotatable bonds is 2. The molecule has 0 spiro atoms. The van der Waals surface area contributed by atoms with Crippen molar-refractivity contribution in [3.8, 4) is 11.5 Å². The van der Waals surface area contributed by atoms with Crippen molar-refractivity contribution in [1.29, 1.82) is 0 Å². The number of para-hydroxylation sites is 1. The monoisotopic (exact) mass is 255 g/mol. The van der Waals surface area contributed by atoms with Gasteiger partial charge in [-0.3, -0.25) is 9.69 Å². The highest BCUT2D eigenvalue weighted by Gasteiger charge is 2.27. The Morgan fingerprint density at radius 2 is 1.95 bits per heavy atom. The molecule has 0 fully saturated rings. The lowest BCUT2D eigenvalue weighted by Crippen LogP contribution is -2.38. The molecule has 1 amide bonds. The van der Waals surface area contributed by atoms with Crippen molar-refractivity contribution in [2.75, 3.05) is 18.7 Å². The van der Waals surface area contributed by atoms with Crippen LogP contribution < -0.4 is 14.4 Å². The number of carbonyl (C=O) groups excluding carboxylic acids is 1. The fourth-order valence-electron chi connectivity index (χ4n) is 2.07. The molecular formula is C15H13NO3. The molecule has 0 aliphatic carbocycles. The summed E-state index contributed by atoms with van der Waals surface area (Å²) < 4.78 is 10.8. The summed E-state index contributed by atoms with van der Waals surface area (Å²) in [5.41, 5.74) is 1.34. The van der Waals surface area contributed by atoms with E-state index in [1.54, 1.807) is 30.2 Å². The highest BCUT2D eigenvalue weighted by molar-refractivity contribution is 6.08. The second kappa shape index (κ2) is 4.65. The number of fused-ring (bicyclic) bond motifs is 1. The molecule has 0 radical (unpaired) electrons. The van der Waals surface area contributed by atoms with E-state index in [4.69, 9.17) is 9.47 Å². The Bertz CT molecular complexity index is 610. The Morgan fingerprint density at radius 1 is 1.16 bits per heavy atom. The van der Waals surface area contributed by atoms with E-state index in [0.717, 1.165) is 5.69 Å². The molecule has 0 atom stereocenters. The molecule has 19 heavy (non-hydrogen) atoms. The van der Waals surface area contributed by atoms with Crippen molar-refractivity contribution in [1.82, 2.24) is 0 Å². The highest BCUT2D eigenvalue weighted by Crippen LogP contribution is 2.30. The quantitative estimate of drug-likeness (QED) is 0.828. The van der Waals surface area contributed by atoms with Gasteiger partial charge in [-0.15, -0.1) is 0 Å². The van der Waals surface area contributed by atoms with Crippen LogP contribution >= 0.6 is 0 Å². The molecule has 1 aliphatic rings. The van der Waals surface area contributed by atoms with E-state index >= 15 is 0 Å². The number of hydrogen-bond acceptors (Lipinski definition) is 3. The van der Waals surface area contributed by atoms with Crippen LogP contribution in [0.3, 0.4) is 0 Å². The number of nitrogens with zero attached hydrogens (tertiary/aromatic N) is 1. The van der Waals surface area contributed by atoms with Crippen LogP contribution in [0.5, 0.6) is 11.5 Å². The van der Waals surface area contributed by atoms with Crippen molar-refractivity contribution in [3.05, 3.63) is 54.1 Å². The first-order chi connectivity index (χ1) is 9.29. The van der Waals surface area contributed by atoms with Crippen LogP contribution in [-0.2, 0) is 0 Å². The summed E-state index contributed by atoms with van der Waals surface area (Å²) in [5.74, 6) is 1.16. The maximum absolute atomic E-state index is 12.5. The third-order valence-electron chi connectivity index (χ3n) is 3.08. The number of carbonyl (C=O) groups is 1. The first kappa shape index (κ1) is 11.6. The van der Waals surface area contributed by atoms with Gasteiger partial charge in [0, 0.05) is 5.69 Å². The average molecular weight is 255 g/mol. The van der Waals surface area contributed by atoms with Crippen molar-refractivity contribution in [3.63, 3.8) is 0 Å². The fourth-order valence-corrected chi connectivity index (χ4v) is 2.07. The molecule has 1 aliphatic heterocycles. The standard InChI is InChI=1S/C15H13NO3/c1-18-12-7-8-14-13(9-12)15(17)16(10-19-14)11-5-3-2-4-6-11/h2-9H,10H2,1H3. The van der Waals surface area contributed by atoms with Crippen LogP contribution in [0.15, 0.2) is 48.5 Å². The molecule has 96 valence electrons. The van der Waals surface area contributed by atoms with E-state index in [1.165, 1.54) is 0 Å². The molecule has 2 aromatic carbocycles. The Hall–Kier alpha value is -2.49. The van der Waals surface area contributed by atoms with Gasteiger partial charge in [-0.2, -0.15) is 0 Å². The zero-order chi connectivity index (χ0) is 13.2. The predicted molar refractivity (Wildman–Crippen MR) is 71.7 cm³/mol. The minimum Gasteiger partial charge on any atom is -0.497 e. The molecule has 0 bridgehead atoms. The summed E-state index contributed by atoms with van der Waals surface area (Å²) in [7, 11) is 1.57. The van der Waals surface area contributed by atoms with E-state index in [9.17, 15) is 4.79 Å². The molecule has 0 aromatic heterocycles. The lowest BCUT2D eigenvalue weighted by molar-refractivity contribution is 0.0936. The van der Waals surface area contributed by atoms with Crippen molar-refractivity contribution in [2.24, 2.45) is 0 Å². The second-order valence-electron chi connectivity index (χ2n) is 4.20. The Labute approximate surface area is 111 Å². The van der Waals surface area contributed by atoms with Crippen LogP contribution in [0.1, 0.15) is 10.4 Å². The van der Waals surface area contributed by atoms with Crippen LogP contribution in [0, 0.1) is 0 Å². The minimum absolute atomic E-state index is 0.0775. The van der Waals surface area contributed by atoms with E-state index in [-0.39, 0.29) is 12.6 Å². The lowest BCUT2D eigenvalue weighted by Gasteiger charge is -2.28. The van der Waals surface area contributed by atoms with Gasteiger partial charge in [-0.05, 0) is 30.3 Å². The summed E-state index contributed by atoms with van der Waals surface area (Å²) >= 11 is 0. The smallest absolute Gasteiger partial charge is 0.264 e. The molecular weight excluding hydrogens is 242 g/mol. The highest BCUT2D eigenvalue weighted by atomic mass is 16.5. The maximum Gasteiger partial charge on any atom is 0.264 e. The van der Waals surface area contributed by atoms with Gasteiger partial charge in [0.2, 0.25) is 0 Å². The SMILES string of the molecule is COc1ccc2c(c1)C(=O)N(c1ccccc1)CO2. The second-order valence-corrected chi connectivity index (χ2v) is 4.20. The van der Waals surface area contributed by atoms with Gasteiger partial charge >= 0.3 is 0 Å². The third kappa shape index (κ3) is 2.01. The minimum atomic E-state index is -0.0775.